The number of carbonyl (C=O) groups is 3. The molecule has 0 saturated carbocycles. The number of rotatable bonds is 12. The van der Waals surface area contributed by atoms with Crippen LogP contribution < -0.4 is 16.0 Å². The van der Waals surface area contributed by atoms with Crippen LogP contribution in [-0.4, -0.2) is 46.4 Å². The van der Waals surface area contributed by atoms with Crippen molar-refractivity contribution in [2.45, 2.75) is 93.9 Å². The lowest BCUT2D eigenvalue weighted by molar-refractivity contribution is -0.143. The highest BCUT2D eigenvalue weighted by Crippen LogP contribution is 2.48. The van der Waals surface area contributed by atoms with Gasteiger partial charge in [0.05, 0.1) is 12.8 Å². The molecule has 0 amide bonds. The summed E-state index contributed by atoms with van der Waals surface area (Å²) in [5.74, 6) is -1.95. The van der Waals surface area contributed by atoms with Crippen molar-refractivity contribution in [3.05, 3.63) is 96.5 Å². The maximum Gasteiger partial charge on any atom is 0.321 e. The fourth-order valence-corrected chi connectivity index (χ4v) is 8.51. The molecule has 0 radical (unpaired) electrons. The third-order valence-corrected chi connectivity index (χ3v) is 11.8. The predicted octanol–water partition coefficient (Wildman–Crippen LogP) is 7.46. The molecule has 0 spiro atoms. The standard InChI is InChI=1S/C45H56N4O5/c1-11-29-25(6)32-20-34-27(8)31(16-17-38(50)54-19-18-24(5)15-13-14-23(3)4)42(48-34)40-41(45(52)53-10)44(51)39-28(9)35(49-43(39)40)22-37-30(12-2)26(7)33(47-37)21-36(29)46-32/h11,18,20-23,27,31,41,46-49H,1,12-17,19H2,2-10H3/b24-18+,33-21+,34-20-,37-22-,42-40-/t27-,31-,41+/m0/s1. The van der Waals surface area contributed by atoms with Gasteiger partial charge in [0.15, 0.2) is 5.78 Å². The second kappa shape index (κ2) is 15.7. The Balaban J connectivity index is 1.47. The van der Waals surface area contributed by atoms with Crippen molar-refractivity contribution in [1.29, 1.82) is 0 Å². The first-order chi connectivity index (χ1) is 25.8. The third-order valence-electron chi connectivity index (χ3n) is 11.8. The van der Waals surface area contributed by atoms with Crippen molar-refractivity contribution < 1.29 is 23.9 Å². The predicted molar refractivity (Wildman–Crippen MR) is 216 cm³/mol. The third kappa shape index (κ3) is 7.13. The number of fused-ring (bicyclic) bond motifs is 7. The number of esters is 2. The lowest BCUT2D eigenvalue weighted by Gasteiger charge is -2.19. The van der Waals surface area contributed by atoms with Gasteiger partial charge < -0.3 is 29.7 Å². The molecule has 3 aliphatic rings. The number of ether oxygens (including phenoxy) is 2. The highest BCUT2D eigenvalue weighted by Gasteiger charge is 2.48. The van der Waals surface area contributed by atoms with Crippen molar-refractivity contribution in [3.8, 4) is 0 Å². The quantitative estimate of drug-likeness (QED) is 0.0870. The van der Waals surface area contributed by atoms with Crippen LogP contribution in [-0.2, 0) is 25.5 Å². The molecule has 0 unspecified atom stereocenters. The van der Waals surface area contributed by atoms with E-state index in [0.717, 1.165) is 80.7 Å². The number of allylic oxidation sites excluding steroid dienone is 3. The fraction of sp³-hybridized carbons (Fsp3) is 0.444. The number of carbonyl (C=O) groups excluding carboxylic acids is 3. The lowest BCUT2D eigenvalue weighted by atomic mass is 9.85. The second-order valence-corrected chi connectivity index (χ2v) is 15.6. The zero-order chi connectivity index (χ0) is 39.0. The monoisotopic (exact) mass is 732 g/mol. The van der Waals surface area contributed by atoms with Crippen LogP contribution in [0.3, 0.4) is 0 Å². The van der Waals surface area contributed by atoms with Crippen LogP contribution in [0.15, 0.2) is 29.6 Å². The highest BCUT2D eigenvalue weighted by molar-refractivity contribution is 6.24. The summed E-state index contributed by atoms with van der Waals surface area (Å²) in [6.45, 7) is 21.3. The van der Waals surface area contributed by atoms with Crippen LogP contribution in [0.25, 0.3) is 29.9 Å². The van der Waals surface area contributed by atoms with Crippen LogP contribution in [0, 0.1) is 44.4 Å². The molecular formula is C45H56N4O5. The van der Waals surface area contributed by atoms with E-state index in [-0.39, 0.29) is 36.6 Å². The van der Waals surface area contributed by atoms with Gasteiger partial charge in [-0.05, 0) is 106 Å². The second-order valence-electron chi connectivity index (χ2n) is 15.6. The Morgan fingerprint density at radius 1 is 0.963 bits per heavy atom. The molecule has 9 heteroatoms. The Morgan fingerprint density at radius 2 is 1.69 bits per heavy atom. The van der Waals surface area contributed by atoms with Gasteiger partial charge in [-0.15, -0.1) is 0 Å². The highest BCUT2D eigenvalue weighted by atomic mass is 16.5. The Labute approximate surface area is 318 Å². The van der Waals surface area contributed by atoms with Crippen LogP contribution in [0.5, 0.6) is 0 Å². The first kappa shape index (κ1) is 38.7. The summed E-state index contributed by atoms with van der Waals surface area (Å²) in [5.41, 5.74) is 12.4. The molecule has 3 atom stereocenters. The largest absolute Gasteiger partial charge is 0.468 e. The number of hydrogen-bond acceptors (Lipinski definition) is 6. The van der Waals surface area contributed by atoms with E-state index in [2.05, 4.69) is 93.5 Å². The number of aromatic amines is 3. The topological polar surface area (TPSA) is 129 Å². The number of methoxy groups -OCH3 is 1. The normalized spacial score (nSPS) is 22.6. The maximum absolute atomic E-state index is 14.3. The number of aromatic nitrogens is 3. The van der Waals surface area contributed by atoms with E-state index in [1.54, 1.807) is 0 Å². The van der Waals surface area contributed by atoms with Gasteiger partial charge in [0.1, 0.15) is 12.5 Å². The summed E-state index contributed by atoms with van der Waals surface area (Å²) >= 11 is 0. The minimum absolute atomic E-state index is 0.0826. The molecule has 3 aromatic rings. The molecule has 1 aliphatic carbocycles. The minimum atomic E-state index is -1.14. The number of H-pyrrole nitrogens is 3. The summed E-state index contributed by atoms with van der Waals surface area (Å²) in [6.07, 6.45) is 14.9. The van der Waals surface area contributed by atoms with Gasteiger partial charge in [0, 0.05) is 74.1 Å². The average molecular weight is 733 g/mol. The van der Waals surface area contributed by atoms with E-state index in [1.807, 2.05) is 19.1 Å². The van der Waals surface area contributed by atoms with Gasteiger partial charge in [-0.1, -0.05) is 52.3 Å². The molecule has 0 aromatic carbocycles. The lowest BCUT2D eigenvalue weighted by Crippen LogP contribution is -2.25. The van der Waals surface area contributed by atoms with Crippen molar-refractivity contribution >= 4 is 47.6 Å². The van der Waals surface area contributed by atoms with Gasteiger partial charge in [0.2, 0.25) is 0 Å². The number of ketones is 1. The molecule has 6 rings (SSSR count). The summed E-state index contributed by atoms with van der Waals surface area (Å²) < 4.78 is 11.0. The molecule has 2 aliphatic heterocycles. The smallest absolute Gasteiger partial charge is 0.321 e. The molecule has 54 heavy (non-hydrogen) atoms. The van der Waals surface area contributed by atoms with Gasteiger partial charge in [-0.2, -0.15) is 0 Å². The summed E-state index contributed by atoms with van der Waals surface area (Å²) in [5, 5.41) is 5.63. The number of hydrogen-bond donors (Lipinski definition) is 4. The zero-order valence-electron chi connectivity index (χ0n) is 33.4. The van der Waals surface area contributed by atoms with Crippen molar-refractivity contribution in [3.63, 3.8) is 0 Å². The maximum atomic E-state index is 14.3. The van der Waals surface area contributed by atoms with Gasteiger partial charge >= 0.3 is 11.9 Å². The summed E-state index contributed by atoms with van der Waals surface area (Å²) in [6, 6.07) is 0. The number of Topliss-reactive ketones (excluding diaryl/α,β-unsaturated/α-hetero) is 1. The Kier molecular flexibility index (Phi) is 11.3. The molecule has 4 N–H and O–H groups in total. The SMILES string of the molecule is C=Cc1c2[nH]c(c1C)/C=C1\N/C(=C3\c4[nH]c(c(C)c4C(=O)[C@@H]3C(=O)OC)/C=c3\[nH]/c(c(C)c3CC)=C/2)[C@@H](CCC(=O)OC/C=C(\C)CCCC(C)C)[C@@H]1C. The zero-order valence-corrected chi connectivity index (χ0v) is 33.4. The van der Waals surface area contributed by atoms with Crippen LogP contribution in [0.2, 0.25) is 0 Å². The number of nitrogens with one attached hydrogen (secondary N) is 4. The molecule has 286 valence electrons. The van der Waals surface area contributed by atoms with E-state index in [0.29, 0.717) is 29.2 Å². The molecule has 8 bridgehead atoms. The fourth-order valence-electron chi connectivity index (χ4n) is 8.51. The first-order valence-electron chi connectivity index (χ1n) is 19.4. The van der Waals surface area contributed by atoms with Gasteiger partial charge in [-0.3, -0.25) is 14.4 Å². The molecule has 1 saturated heterocycles. The van der Waals surface area contributed by atoms with E-state index >= 15 is 0 Å². The Morgan fingerprint density at radius 3 is 2.37 bits per heavy atom. The first-order valence-corrected chi connectivity index (χ1v) is 19.4. The van der Waals surface area contributed by atoms with Gasteiger partial charge in [0.25, 0.3) is 0 Å². The molecule has 1 fully saturated rings. The van der Waals surface area contributed by atoms with E-state index in [1.165, 1.54) is 24.7 Å². The summed E-state index contributed by atoms with van der Waals surface area (Å²) in [4.78, 5) is 51.9. The average Bonchev–Trinajstić information content (AvgIpc) is 3.87. The Bertz CT molecular complexity index is 2230. The molecule has 9 nitrogen and oxygen atoms in total. The van der Waals surface area contributed by atoms with E-state index in [4.69, 9.17) is 9.47 Å². The van der Waals surface area contributed by atoms with E-state index in [9.17, 15) is 14.4 Å². The van der Waals surface area contributed by atoms with Crippen molar-refractivity contribution in [2.24, 2.45) is 23.7 Å². The van der Waals surface area contributed by atoms with Crippen molar-refractivity contribution in [1.82, 2.24) is 20.3 Å². The Hall–Kier alpha value is -5.05. The van der Waals surface area contributed by atoms with Crippen LogP contribution in [0.1, 0.15) is 128 Å². The van der Waals surface area contributed by atoms with Crippen molar-refractivity contribution in [2.75, 3.05) is 13.7 Å². The van der Waals surface area contributed by atoms with Crippen LogP contribution >= 0.6 is 0 Å². The minimum Gasteiger partial charge on any atom is -0.468 e. The van der Waals surface area contributed by atoms with Crippen LogP contribution in [0.4, 0.5) is 0 Å². The van der Waals surface area contributed by atoms with E-state index < -0.39 is 11.9 Å². The summed E-state index contributed by atoms with van der Waals surface area (Å²) in [7, 11) is 1.32. The molecule has 5 heterocycles. The van der Waals surface area contributed by atoms with Gasteiger partial charge in [-0.25, -0.2) is 0 Å². The molecular weight excluding hydrogens is 677 g/mol. The molecule has 3 aromatic heterocycles.